The predicted molar refractivity (Wildman–Crippen MR) is 99.7 cm³/mol. The highest BCUT2D eigenvalue weighted by molar-refractivity contribution is 7.13. The van der Waals surface area contributed by atoms with E-state index in [4.69, 9.17) is 9.47 Å². The van der Waals surface area contributed by atoms with E-state index in [0.717, 1.165) is 16.2 Å². The van der Waals surface area contributed by atoms with Gasteiger partial charge in [0.25, 0.3) is 0 Å². The van der Waals surface area contributed by atoms with Gasteiger partial charge in [-0.25, -0.2) is 14.6 Å². The molecule has 0 aliphatic carbocycles. The monoisotopic (exact) mass is 373 g/mol. The second-order valence-electron chi connectivity index (χ2n) is 6.61. The molecule has 0 aliphatic rings. The Kier molecular flexibility index (Phi) is 4.69. The summed E-state index contributed by atoms with van der Waals surface area (Å²) in [6.45, 7) is 5.41. The quantitative estimate of drug-likeness (QED) is 0.696. The van der Waals surface area contributed by atoms with Gasteiger partial charge in [0, 0.05) is 11.6 Å². The van der Waals surface area contributed by atoms with Gasteiger partial charge < -0.3 is 9.47 Å². The fourth-order valence-electron chi connectivity index (χ4n) is 2.35. The Hall–Kier alpha value is -2.87. The van der Waals surface area contributed by atoms with Crippen molar-refractivity contribution in [3.8, 4) is 10.6 Å². The van der Waals surface area contributed by atoms with Gasteiger partial charge in [-0.15, -0.1) is 11.3 Å². The van der Waals surface area contributed by atoms with E-state index in [-0.39, 0.29) is 5.97 Å². The number of amides is 1. The number of esters is 1. The topological polar surface area (TPSA) is 81.9 Å². The Morgan fingerprint density at radius 2 is 2.04 bits per heavy atom. The average Bonchev–Trinajstić information content (AvgIpc) is 3.18. The molecule has 3 rings (SSSR count). The Labute approximate surface area is 154 Å². The van der Waals surface area contributed by atoms with Crippen LogP contribution in [0.1, 0.15) is 31.1 Å². The van der Waals surface area contributed by atoms with Gasteiger partial charge in [-0.3, -0.25) is 9.72 Å². The van der Waals surface area contributed by atoms with Gasteiger partial charge in [0.2, 0.25) is 0 Å². The van der Waals surface area contributed by atoms with Crippen LogP contribution in [-0.4, -0.2) is 34.2 Å². The molecule has 7 nitrogen and oxygen atoms in total. The van der Waals surface area contributed by atoms with E-state index >= 15 is 0 Å². The lowest BCUT2D eigenvalue weighted by molar-refractivity contribution is 0.0598. The first-order chi connectivity index (χ1) is 12.3. The molecular weight excluding hydrogens is 354 g/mol. The molecule has 8 heteroatoms. The summed E-state index contributed by atoms with van der Waals surface area (Å²) in [4.78, 5) is 28.8. The first kappa shape index (κ1) is 17.9. The maximum Gasteiger partial charge on any atom is 0.412 e. The molecule has 0 fully saturated rings. The van der Waals surface area contributed by atoms with Crippen LogP contribution in [0.4, 0.5) is 10.5 Å². The summed E-state index contributed by atoms with van der Waals surface area (Å²) < 4.78 is 11.9. The van der Waals surface area contributed by atoms with Crippen LogP contribution in [-0.2, 0) is 9.47 Å². The van der Waals surface area contributed by atoms with Gasteiger partial charge >= 0.3 is 12.1 Å². The number of hydrogen-bond acceptors (Lipinski definition) is 6. The fourth-order valence-corrected chi connectivity index (χ4v) is 3.24. The minimum absolute atomic E-state index is 0.381. The van der Waals surface area contributed by atoms with E-state index in [1.54, 1.807) is 56.7 Å². The number of pyridine rings is 1. The number of anilines is 1. The summed E-state index contributed by atoms with van der Waals surface area (Å²) in [7, 11) is 1.35. The third-order valence-corrected chi connectivity index (χ3v) is 4.38. The van der Waals surface area contributed by atoms with E-state index in [1.807, 2.05) is 4.40 Å². The number of rotatable bonds is 3. The molecule has 0 bridgehead atoms. The summed E-state index contributed by atoms with van der Waals surface area (Å²) >= 11 is 1.42. The predicted octanol–water partition coefficient (Wildman–Crippen LogP) is 4.20. The lowest BCUT2D eigenvalue weighted by atomic mass is 10.2. The highest BCUT2D eigenvalue weighted by Gasteiger charge is 2.17. The van der Waals surface area contributed by atoms with Crippen LogP contribution in [0, 0.1) is 0 Å². The van der Waals surface area contributed by atoms with Crippen LogP contribution in [0.25, 0.3) is 16.2 Å². The third kappa shape index (κ3) is 3.85. The number of nitrogens with zero attached hydrogens (tertiary/aromatic N) is 2. The number of imidazole rings is 1. The molecule has 0 saturated carbocycles. The number of thiophene rings is 1. The summed E-state index contributed by atoms with van der Waals surface area (Å²) in [6.07, 6.45) is 2.96. The van der Waals surface area contributed by atoms with Crippen LogP contribution in [0.3, 0.4) is 0 Å². The van der Waals surface area contributed by atoms with Crippen LogP contribution in [0.2, 0.25) is 0 Å². The van der Waals surface area contributed by atoms with Crippen molar-refractivity contribution in [1.82, 2.24) is 9.38 Å². The fraction of sp³-hybridized carbons (Fsp3) is 0.278. The molecule has 1 N–H and O–H groups in total. The number of carbonyl (C=O) groups is 2. The van der Waals surface area contributed by atoms with Crippen molar-refractivity contribution in [1.29, 1.82) is 0 Å². The molecule has 0 aliphatic heterocycles. The zero-order valence-electron chi connectivity index (χ0n) is 14.9. The Morgan fingerprint density at radius 3 is 2.73 bits per heavy atom. The molecule has 3 heterocycles. The lowest BCUT2D eigenvalue weighted by Gasteiger charge is -2.19. The molecule has 1 amide bonds. The van der Waals surface area contributed by atoms with Crippen molar-refractivity contribution < 1.29 is 19.1 Å². The van der Waals surface area contributed by atoms with Gasteiger partial charge in [-0.2, -0.15) is 0 Å². The number of aromatic nitrogens is 2. The molecule has 3 aromatic rings. The normalized spacial score (nSPS) is 11.4. The molecule has 3 aromatic heterocycles. The molecular formula is C18H19N3O4S. The maximum absolute atomic E-state index is 12.0. The van der Waals surface area contributed by atoms with E-state index < -0.39 is 11.7 Å². The zero-order valence-corrected chi connectivity index (χ0v) is 15.7. The minimum Gasteiger partial charge on any atom is -0.465 e. The Bertz CT molecular complexity index is 968. The second-order valence-corrected chi connectivity index (χ2v) is 7.52. The van der Waals surface area contributed by atoms with Crippen molar-refractivity contribution in [2.75, 3.05) is 12.4 Å². The van der Waals surface area contributed by atoms with Crippen molar-refractivity contribution in [2.24, 2.45) is 0 Å². The minimum atomic E-state index is -0.574. The van der Waals surface area contributed by atoms with Crippen LogP contribution in [0.5, 0.6) is 0 Å². The van der Waals surface area contributed by atoms with E-state index in [2.05, 4.69) is 10.3 Å². The molecule has 26 heavy (non-hydrogen) atoms. The zero-order chi connectivity index (χ0) is 18.9. The SMILES string of the molecule is COC(=O)c1csc(-c2cnc3ccc(NC(=O)OC(C)(C)C)cn23)c1. The van der Waals surface area contributed by atoms with Gasteiger partial charge in [0.1, 0.15) is 11.2 Å². The van der Waals surface area contributed by atoms with E-state index in [9.17, 15) is 9.59 Å². The van der Waals surface area contributed by atoms with E-state index in [0.29, 0.717) is 11.3 Å². The number of ether oxygens (including phenoxy) is 2. The number of nitrogens with one attached hydrogen (secondary N) is 1. The highest BCUT2D eigenvalue weighted by atomic mass is 32.1. The Balaban J connectivity index is 1.90. The highest BCUT2D eigenvalue weighted by Crippen LogP contribution is 2.29. The second kappa shape index (κ2) is 6.80. The van der Waals surface area contributed by atoms with Gasteiger partial charge in [0.05, 0.1) is 35.1 Å². The van der Waals surface area contributed by atoms with Gasteiger partial charge in [-0.1, -0.05) is 0 Å². The van der Waals surface area contributed by atoms with Crippen LogP contribution in [0.15, 0.2) is 36.0 Å². The first-order valence-electron chi connectivity index (χ1n) is 7.91. The molecule has 0 spiro atoms. The molecule has 0 saturated heterocycles. The molecule has 0 aromatic carbocycles. The maximum atomic E-state index is 12.0. The van der Waals surface area contributed by atoms with Crippen molar-refractivity contribution in [3.05, 3.63) is 41.5 Å². The van der Waals surface area contributed by atoms with Crippen LogP contribution >= 0.6 is 11.3 Å². The summed E-state index contributed by atoms with van der Waals surface area (Å²) in [6, 6.07) is 5.31. The number of fused-ring (bicyclic) bond motifs is 1. The van der Waals surface area contributed by atoms with Crippen LogP contribution < -0.4 is 5.32 Å². The first-order valence-corrected chi connectivity index (χ1v) is 8.79. The van der Waals surface area contributed by atoms with Gasteiger partial charge in [0.15, 0.2) is 0 Å². The smallest absolute Gasteiger partial charge is 0.412 e. The lowest BCUT2D eigenvalue weighted by Crippen LogP contribution is -2.27. The van der Waals surface area contributed by atoms with Crippen molar-refractivity contribution in [2.45, 2.75) is 26.4 Å². The molecule has 0 atom stereocenters. The van der Waals surface area contributed by atoms with Gasteiger partial charge in [-0.05, 0) is 39.0 Å². The Morgan fingerprint density at radius 1 is 1.27 bits per heavy atom. The summed E-state index contributed by atoms with van der Waals surface area (Å²) in [5.41, 5.74) is 2.03. The summed E-state index contributed by atoms with van der Waals surface area (Å²) in [5, 5.41) is 4.45. The van der Waals surface area contributed by atoms with E-state index in [1.165, 1.54) is 18.4 Å². The standard InChI is InChI=1S/C18H19N3O4S/c1-18(2,3)25-17(23)20-12-5-6-15-19-8-13(21(15)9-12)14-7-11(10-26-14)16(22)24-4/h5-10H,1-4H3,(H,20,23). The summed E-state index contributed by atoms with van der Waals surface area (Å²) in [5.74, 6) is -0.381. The average molecular weight is 373 g/mol. The molecule has 136 valence electrons. The number of hydrogen-bond donors (Lipinski definition) is 1. The largest absolute Gasteiger partial charge is 0.465 e. The number of carbonyl (C=O) groups excluding carboxylic acids is 2. The van der Waals surface area contributed by atoms with Crippen molar-refractivity contribution in [3.63, 3.8) is 0 Å². The molecule has 0 radical (unpaired) electrons. The molecule has 0 unspecified atom stereocenters. The van der Waals surface area contributed by atoms with Crippen molar-refractivity contribution >= 4 is 34.7 Å². The third-order valence-electron chi connectivity index (χ3n) is 3.42. The number of methoxy groups -OCH3 is 1.